The quantitative estimate of drug-likeness (QED) is 0.0493. The van der Waals surface area contributed by atoms with Crippen LogP contribution in [0.5, 0.6) is 28.7 Å². The molecule has 9 heterocycles. The largest absolute Gasteiger partial charge is 0.497 e. The van der Waals surface area contributed by atoms with E-state index in [9.17, 15) is 28.5 Å². The standard InChI is InChI=1S/C30H34FN7O4.2C21H24FN7O2.CH4.H2/c1-5-37-17-20(16-33-37)30(39)10-6-7-18(14-30)27-35-28-22-12-23(31)26(42-4)13-24(22)34-29(38(28)36-27)32-15-19-8-9-21(40-2)11-25(19)41-3;2*1-3-28-11-13(10-24-28)21(30)6-4-5-12(9-21)18-26-19-14-7-15(22)17(31-2)8-16(14)25-20(23)29(19)27-18;;/h8-9,11-13,16-18,39H,5-7,10,14-15H2,1-4H3,(H,32,34);2*7-8,10-12,30H,3-6,9H2,1-2H3,(H2,23,25);1H4;1H/i;;;;1+1D. The number of halogens is 3. The van der Waals surface area contributed by atoms with E-state index < -0.39 is 34.3 Å². The SMILES string of the molecule is C.CCn1cc(C2(O)CCCC(c3nc4c5cc(F)c(OC)cc5nc(N)n4n3)C2)cn1.CCn1cc(C2(O)CCCC(c3nc4c5cc(F)c(OC)cc5nc(N)n4n3)C2)cn1.CCn1cc(C2(O)CCCC(c3nc4c5cc(F)c(OC)cc5nc(NCc5ccc(OC)cc5OC)n4n3)C2)cn1.[2H][2H]. The summed E-state index contributed by atoms with van der Waals surface area (Å²) in [6, 6.07) is 14.2. The van der Waals surface area contributed by atoms with Crippen molar-refractivity contribution in [3.05, 3.63) is 149 Å². The minimum atomic E-state index is -1.03. The van der Waals surface area contributed by atoms with Gasteiger partial charge in [-0.3, -0.25) is 14.0 Å². The lowest BCUT2D eigenvalue weighted by Gasteiger charge is -2.35. The number of aryl methyl sites for hydroxylation is 3. The molecule has 16 rings (SSSR count). The van der Waals surface area contributed by atoms with Gasteiger partial charge in [-0.05, 0) is 128 Å². The fourth-order valence-corrected chi connectivity index (χ4v) is 14.7. The molecular formula is C73H88F3N21O8. The van der Waals surface area contributed by atoms with E-state index >= 15 is 0 Å². The summed E-state index contributed by atoms with van der Waals surface area (Å²) in [5.41, 5.74) is 15.3. The van der Waals surface area contributed by atoms with E-state index in [0.29, 0.717) is 130 Å². The molecule has 554 valence electrons. The molecule has 9 aromatic heterocycles. The van der Waals surface area contributed by atoms with E-state index in [2.05, 4.69) is 40.8 Å². The lowest BCUT2D eigenvalue weighted by atomic mass is 9.75. The molecule has 0 saturated heterocycles. The summed E-state index contributed by atoms with van der Waals surface area (Å²) in [6.07, 6.45) is 19.2. The highest BCUT2D eigenvalue weighted by Gasteiger charge is 2.42. The summed E-state index contributed by atoms with van der Waals surface area (Å²) in [4.78, 5) is 27.7. The molecular weight excluding hydrogens is 1360 g/mol. The normalized spacial score (nSPS) is 20.5. The number of hydrogen-bond donors (Lipinski definition) is 6. The van der Waals surface area contributed by atoms with Gasteiger partial charge in [0.05, 0.1) is 87.5 Å². The fraction of sp³-hybridized carbons (Fsp3) is 0.425. The number of aliphatic hydroxyl groups is 3. The number of methoxy groups -OCH3 is 5. The molecule has 3 aliphatic rings. The van der Waals surface area contributed by atoms with Crippen LogP contribution < -0.4 is 40.5 Å². The molecule has 29 nitrogen and oxygen atoms in total. The lowest BCUT2D eigenvalue weighted by Crippen LogP contribution is -2.32. The van der Waals surface area contributed by atoms with Crippen molar-refractivity contribution in [3.63, 3.8) is 0 Å². The van der Waals surface area contributed by atoms with Gasteiger partial charge in [0.2, 0.25) is 17.8 Å². The Morgan fingerprint density at radius 2 is 0.857 bits per heavy atom. The van der Waals surface area contributed by atoms with Crippen molar-refractivity contribution in [3.8, 4) is 28.7 Å². The predicted octanol–water partition coefficient (Wildman–Crippen LogP) is 11.2. The van der Waals surface area contributed by atoms with Crippen LogP contribution in [-0.4, -0.2) is 139 Å². The first-order valence-electron chi connectivity index (χ1n) is 35.7. The summed E-state index contributed by atoms with van der Waals surface area (Å²) in [7, 11) is 7.42. The number of nitrogens with two attached hydrogens (primary N) is 2. The average Bonchev–Trinajstić information content (AvgIpc) is 1.64. The van der Waals surface area contributed by atoms with Gasteiger partial charge in [0.15, 0.2) is 69.1 Å². The summed E-state index contributed by atoms with van der Waals surface area (Å²) < 4.78 is 89.7. The maximum absolute atomic E-state index is 14.9. The number of ether oxygens (including phenoxy) is 5. The van der Waals surface area contributed by atoms with E-state index in [1.54, 1.807) is 52.8 Å². The molecule has 8 N–H and O–H groups in total. The highest BCUT2D eigenvalue weighted by molar-refractivity contribution is 5.95. The molecule has 3 fully saturated rings. The monoisotopic (exact) mass is 1450 g/mol. The second kappa shape index (κ2) is 29.3. The van der Waals surface area contributed by atoms with Crippen LogP contribution in [0.2, 0.25) is 0 Å². The highest BCUT2D eigenvalue weighted by atomic mass is 19.1. The third-order valence-electron chi connectivity index (χ3n) is 20.4. The maximum Gasteiger partial charge on any atom is 0.226 e. The van der Waals surface area contributed by atoms with Gasteiger partial charge in [-0.1, -0.05) is 7.43 Å². The van der Waals surface area contributed by atoms with Crippen LogP contribution in [0.3, 0.4) is 0 Å². The van der Waals surface area contributed by atoms with Crippen molar-refractivity contribution in [2.75, 3.05) is 52.3 Å². The highest BCUT2D eigenvalue weighted by Crippen LogP contribution is 2.47. The average molecular weight is 1450 g/mol. The number of rotatable bonds is 17. The smallest absolute Gasteiger partial charge is 0.226 e. The predicted molar refractivity (Wildman–Crippen MR) is 388 cm³/mol. The Kier molecular flexibility index (Phi) is 19.8. The second-order valence-corrected chi connectivity index (χ2v) is 26.8. The van der Waals surface area contributed by atoms with Crippen LogP contribution in [0.1, 0.15) is 166 Å². The number of benzene rings is 4. The van der Waals surface area contributed by atoms with Gasteiger partial charge in [-0.25, -0.2) is 43.1 Å². The molecule has 0 spiro atoms. The van der Waals surface area contributed by atoms with E-state index in [1.165, 1.54) is 60.7 Å². The van der Waals surface area contributed by atoms with Gasteiger partial charge in [0.1, 0.15) is 11.5 Å². The third-order valence-corrected chi connectivity index (χ3v) is 20.4. The third kappa shape index (κ3) is 13.8. The molecule has 32 heteroatoms. The minimum absolute atomic E-state index is 0. The fourth-order valence-electron chi connectivity index (χ4n) is 14.7. The molecule has 0 bridgehead atoms. The Bertz CT molecular complexity index is 5160. The Morgan fingerprint density at radius 3 is 1.21 bits per heavy atom. The first-order valence-corrected chi connectivity index (χ1v) is 34.7. The molecule has 3 saturated carbocycles. The molecule has 4 aromatic carbocycles. The number of fused-ring (bicyclic) bond motifs is 9. The van der Waals surface area contributed by atoms with Crippen LogP contribution in [0.4, 0.5) is 31.0 Å². The van der Waals surface area contributed by atoms with Crippen LogP contribution in [0.25, 0.3) is 49.7 Å². The van der Waals surface area contributed by atoms with Gasteiger partial charge in [0, 0.05) is 128 Å². The zero-order chi connectivity index (χ0) is 74.9. The van der Waals surface area contributed by atoms with Crippen LogP contribution in [-0.2, 0) is 43.0 Å². The second-order valence-electron chi connectivity index (χ2n) is 26.8. The molecule has 0 aliphatic heterocycles. The number of nitrogens with one attached hydrogen (secondary N) is 1. The molecule has 6 atom stereocenters. The van der Waals surface area contributed by atoms with Gasteiger partial charge in [0.25, 0.3) is 0 Å². The van der Waals surface area contributed by atoms with Crippen molar-refractivity contribution < 1.29 is 55.1 Å². The number of nitrogens with zero attached hydrogens (tertiary/aromatic N) is 18. The van der Waals surface area contributed by atoms with Crippen molar-refractivity contribution in [1.82, 2.24) is 88.1 Å². The molecule has 3 aliphatic carbocycles. The molecule has 105 heavy (non-hydrogen) atoms. The van der Waals surface area contributed by atoms with Crippen molar-refractivity contribution in [2.45, 2.75) is 166 Å². The topological polar surface area (TPSA) is 354 Å². The summed E-state index contributed by atoms with van der Waals surface area (Å²) in [5, 5.41) is 66.2. The van der Waals surface area contributed by atoms with E-state index in [1.807, 2.05) is 62.2 Å². The molecule has 0 amide bonds. The number of nitrogen functional groups attached to an aromatic ring is 2. The van der Waals surface area contributed by atoms with E-state index in [-0.39, 0.29) is 54.3 Å². The van der Waals surface area contributed by atoms with Crippen molar-refractivity contribution in [1.29, 1.82) is 0 Å². The zero-order valence-corrected chi connectivity index (χ0v) is 58.9. The molecule has 13 aromatic rings. The van der Waals surface area contributed by atoms with Gasteiger partial charge in [-0.2, -0.15) is 28.8 Å². The van der Waals surface area contributed by atoms with Gasteiger partial charge in [-0.15, -0.1) is 15.3 Å². The first kappa shape index (κ1) is 71.0. The Morgan fingerprint density at radius 1 is 0.495 bits per heavy atom. The van der Waals surface area contributed by atoms with Crippen molar-refractivity contribution in [2.24, 2.45) is 0 Å². The van der Waals surface area contributed by atoms with Gasteiger partial charge < -0.3 is 55.8 Å². The number of aromatic nitrogens is 18. The minimum Gasteiger partial charge on any atom is -0.497 e. The summed E-state index contributed by atoms with van der Waals surface area (Å²) in [5.74, 6) is 2.30. The molecule has 6 unspecified atom stereocenters. The summed E-state index contributed by atoms with van der Waals surface area (Å²) in [6.45, 7) is 8.62. The summed E-state index contributed by atoms with van der Waals surface area (Å²) >= 11 is 0. The lowest BCUT2D eigenvalue weighted by molar-refractivity contribution is -0.00981. The molecule has 0 radical (unpaired) electrons. The Balaban J connectivity index is 0.000000150. The number of hydrogen-bond acceptors (Lipinski definition) is 23. The van der Waals surface area contributed by atoms with Gasteiger partial charge >= 0.3 is 0 Å². The maximum atomic E-state index is 14.9. The number of anilines is 3. The first-order chi connectivity index (χ1) is 51.2. The van der Waals surface area contributed by atoms with Crippen LogP contribution in [0.15, 0.2) is 91.8 Å². The van der Waals surface area contributed by atoms with Crippen LogP contribution in [0, 0.1) is 17.5 Å². The Labute approximate surface area is 604 Å². The van der Waals surface area contributed by atoms with Crippen molar-refractivity contribution >= 4 is 67.5 Å². The van der Waals surface area contributed by atoms with E-state index in [0.717, 1.165) is 80.4 Å². The van der Waals surface area contributed by atoms with Crippen LogP contribution >= 0.6 is 0 Å². The Hall–Kier alpha value is -11.0. The van der Waals surface area contributed by atoms with E-state index in [4.69, 9.17) is 63.2 Å². The zero-order valence-electron chi connectivity index (χ0n) is 60.9.